The molecule has 0 bridgehead atoms. The van der Waals surface area contributed by atoms with Crippen LogP contribution in [0.3, 0.4) is 0 Å². The van der Waals surface area contributed by atoms with E-state index < -0.39 is 0 Å². The normalized spacial score (nSPS) is 22.7. The van der Waals surface area contributed by atoms with E-state index in [1.165, 1.54) is 6.42 Å². The molecule has 0 saturated carbocycles. The van der Waals surface area contributed by atoms with E-state index in [0.717, 1.165) is 30.3 Å². The molecular formula is C24H29NO4. The molecule has 0 spiro atoms. The first kappa shape index (κ1) is 19.8. The van der Waals surface area contributed by atoms with E-state index in [2.05, 4.69) is 18.7 Å². The Labute approximate surface area is 172 Å². The number of hydrogen-bond acceptors (Lipinski definition) is 5. The molecule has 3 unspecified atom stereocenters. The summed E-state index contributed by atoms with van der Waals surface area (Å²) in [6, 6.07) is 13.7. The molecule has 0 amide bonds. The van der Waals surface area contributed by atoms with Crippen LogP contribution in [0.25, 0.3) is 0 Å². The number of Topliss-reactive ketones (excluding diaryl/α,β-unsaturated/α-hetero) is 1. The lowest BCUT2D eigenvalue weighted by Crippen LogP contribution is -2.35. The van der Waals surface area contributed by atoms with E-state index in [0.29, 0.717) is 36.1 Å². The maximum Gasteiger partial charge on any atom is 0.170 e. The maximum absolute atomic E-state index is 12.6. The molecule has 5 nitrogen and oxygen atoms in total. The van der Waals surface area contributed by atoms with Crippen molar-refractivity contribution in [2.75, 3.05) is 26.8 Å². The van der Waals surface area contributed by atoms with Crippen LogP contribution in [0.4, 0.5) is 0 Å². The second-order valence-corrected chi connectivity index (χ2v) is 8.21. The third kappa shape index (κ3) is 4.40. The highest BCUT2D eigenvalue weighted by Crippen LogP contribution is 2.37. The highest BCUT2D eigenvalue weighted by molar-refractivity contribution is 6.00. The van der Waals surface area contributed by atoms with Crippen LogP contribution in [0.2, 0.25) is 0 Å². The monoisotopic (exact) mass is 395 g/mol. The Morgan fingerprint density at radius 2 is 1.93 bits per heavy atom. The first-order valence-electron chi connectivity index (χ1n) is 10.4. The van der Waals surface area contributed by atoms with E-state index in [4.69, 9.17) is 14.2 Å². The first-order chi connectivity index (χ1) is 14.0. The zero-order chi connectivity index (χ0) is 20.4. The summed E-state index contributed by atoms with van der Waals surface area (Å²) in [5.41, 5.74) is 1.57. The molecule has 2 aliphatic heterocycles. The quantitative estimate of drug-likeness (QED) is 0.720. The lowest BCUT2D eigenvalue weighted by Gasteiger charge is -2.26. The molecule has 0 radical (unpaired) electrons. The van der Waals surface area contributed by atoms with Crippen LogP contribution < -0.4 is 14.2 Å². The lowest BCUT2D eigenvalue weighted by atomic mass is 9.96. The SMILES string of the molecule is COc1ccc2c(c1)C(=O)CC(c1ccc(OCC(C)N3CCC(C)C3)cc1)O2. The first-order valence-corrected chi connectivity index (χ1v) is 10.4. The van der Waals surface area contributed by atoms with Gasteiger partial charge in [0.05, 0.1) is 19.1 Å². The number of rotatable bonds is 6. The summed E-state index contributed by atoms with van der Waals surface area (Å²) in [6.45, 7) is 7.52. The zero-order valence-corrected chi connectivity index (χ0v) is 17.4. The number of benzene rings is 2. The fraction of sp³-hybridized carbons (Fsp3) is 0.458. The van der Waals surface area contributed by atoms with Gasteiger partial charge in [0.25, 0.3) is 0 Å². The summed E-state index contributed by atoms with van der Waals surface area (Å²) in [7, 11) is 1.59. The molecule has 0 aliphatic carbocycles. The van der Waals surface area contributed by atoms with Crippen molar-refractivity contribution in [3.63, 3.8) is 0 Å². The fourth-order valence-corrected chi connectivity index (χ4v) is 4.09. The van der Waals surface area contributed by atoms with E-state index in [1.807, 2.05) is 30.3 Å². The number of carbonyl (C=O) groups excluding carboxylic acids is 1. The summed E-state index contributed by atoms with van der Waals surface area (Å²) >= 11 is 0. The van der Waals surface area contributed by atoms with Crippen molar-refractivity contribution < 1.29 is 19.0 Å². The van der Waals surface area contributed by atoms with E-state index >= 15 is 0 Å². The van der Waals surface area contributed by atoms with Gasteiger partial charge in [-0.25, -0.2) is 0 Å². The molecule has 2 aliphatic rings. The molecule has 29 heavy (non-hydrogen) atoms. The standard InChI is InChI=1S/C24H29NO4/c1-16-10-11-25(14-16)17(2)15-28-19-6-4-18(5-7-19)24-13-22(26)21-12-20(27-3)8-9-23(21)29-24/h4-9,12,16-17,24H,10-11,13-15H2,1-3H3. The van der Waals surface area contributed by atoms with Gasteiger partial charge in [-0.3, -0.25) is 9.69 Å². The molecule has 0 aromatic heterocycles. The zero-order valence-electron chi connectivity index (χ0n) is 17.4. The van der Waals surface area contributed by atoms with E-state index in [9.17, 15) is 4.79 Å². The third-order valence-electron chi connectivity index (χ3n) is 5.95. The molecule has 154 valence electrons. The number of ether oxygens (including phenoxy) is 3. The molecule has 2 aromatic carbocycles. The van der Waals surface area contributed by atoms with Gasteiger partial charge in [0, 0.05) is 12.6 Å². The smallest absolute Gasteiger partial charge is 0.170 e. The summed E-state index contributed by atoms with van der Waals surface area (Å²) in [6.07, 6.45) is 1.32. The topological polar surface area (TPSA) is 48.0 Å². The van der Waals surface area contributed by atoms with Crippen LogP contribution in [0.15, 0.2) is 42.5 Å². The van der Waals surface area contributed by atoms with Crippen molar-refractivity contribution in [1.82, 2.24) is 4.90 Å². The van der Waals surface area contributed by atoms with Crippen LogP contribution >= 0.6 is 0 Å². The average Bonchev–Trinajstić information content (AvgIpc) is 3.18. The van der Waals surface area contributed by atoms with Gasteiger partial charge in [0.15, 0.2) is 5.78 Å². The Hall–Kier alpha value is -2.53. The van der Waals surface area contributed by atoms with Crippen molar-refractivity contribution in [3.05, 3.63) is 53.6 Å². The lowest BCUT2D eigenvalue weighted by molar-refractivity contribution is 0.0849. The minimum atomic E-state index is -0.276. The Morgan fingerprint density at radius 1 is 1.17 bits per heavy atom. The van der Waals surface area contributed by atoms with Gasteiger partial charge in [-0.05, 0) is 61.7 Å². The van der Waals surface area contributed by atoms with Gasteiger partial charge in [0.2, 0.25) is 0 Å². The molecule has 2 aromatic rings. The van der Waals surface area contributed by atoms with Gasteiger partial charge in [-0.2, -0.15) is 0 Å². The number of hydrogen-bond donors (Lipinski definition) is 0. The van der Waals surface area contributed by atoms with Crippen molar-refractivity contribution in [2.45, 2.75) is 38.8 Å². The summed E-state index contributed by atoms with van der Waals surface area (Å²) in [5.74, 6) is 2.98. The second-order valence-electron chi connectivity index (χ2n) is 8.21. The van der Waals surface area contributed by atoms with Crippen LogP contribution in [0.5, 0.6) is 17.2 Å². The predicted octanol–water partition coefficient (Wildman–Crippen LogP) is 4.51. The van der Waals surface area contributed by atoms with Gasteiger partial charge in [-0.15, -0.1) is 0 Å². The second kappa shape index (κ2) is 8.46. The Balaban J connectivity index is 1.37. The summed E-state index contributed by atoms with van der Waals surface area (Å²) in [4.78, 5) is 15.1. The van der Waals surface area contributed by atoms with Crippen molar-refractivity contribution in [2.24, 2.45) is 5.92 Å². The molecule has 0 N–H and O–H groups in total. The molecule has 2 heterocycles. The summed E-state index contributed by atoms with van der Waals surface area (Å²) in [5, 5.41) is 0. The van der Waals surface area contributed by atoms with Gasteiger partial charge >= 0.3 is 0 Å². The van der Waals surface area contributed by atoms with Crippen LogP contribution in [-0.4, -0.2) is 43.5 Å². The number of fused-ring (bicyclic) bond motifs is 1. The highest BCUT2D eigenvalue weighted by atomic mass is 16.5. The average molecular weight is 395 g/mol. The van der Waals surface area contributed by atoms with E-state index in [-0.39, 0.29) is 11.9 Å². The van der Waals surface area contributed by atoms with E-state index in [1.54, 1.807) is 19.2 Å². The number of likely N-dealkylation sites (tertiary alicyclic amines) is 1. The van der Waals surface area contributed by atoms with Crippen LogP contribution in [-0.2, 0) is 0 Å². The third-order valence-corrected chi connectivity index (χ3v) is 5.95. The van der Waals surface area contributed by atoms with Gasteiger partial charge < -0.3 is 14.2 Å². The Bertz CT molecular complexity index is 864. The number of methoxy groups -OCH3 is 1. The number of carbonyl (C=O) groups is 1. The fourth-order valence-electron chi connectivity index (χ4n) is 4.09. The van der Waals surface area contributed by atoms with Crippen LogP contribution in [0, 0.1) is 5.92 Å². The Morgan fingerprint density at radius 3 is 2.62 bits per heavy atom. The predicted molar refractivity (Wildman–Crippen MR) is 112 cm³/mol. The minimum absolute atomic E-state index is 0.0733. The number of nitrogens with zero attached hydrogens (tertiary/aromatic N) is 1. The van der Waals surface area contributed by atoms with Crippen molar-refractivity contribution in [1.29, 1.82) is 0 Å². The molecule has 3 atom stereocenters. The van der Waals surface area contributed by atoms with Crippen LogP contribution in [0.1, 0.15) is 48.7 Å². The molecule has 5 heteroatoms. The van der Waals surface area contributed by atoms with Gasteiger partial charge in [0.1, 0.15) is 30.0 Å². The van der Waals surface area contributed by atoms with Crippen molar-refractivity contribution >= 4 is 5.78 Å². The molecule has 1 fully saturated rings. The molecule has 4 rings (SSSR count). The minimum Gasteiger partial charge on any atom is -0.497 e. The summed E-state index contributed by atoms with van der Waals surface area (Å²) < 4.78 is 17.3. The molecular weight excluding hydrogens is 366 g/mol. The highest BCUT2D eigenvalue weighted by Gasteiger charge is 2.28. The Kier molecular flexibility index (Phi) is 5.76. The number of ketones is 1. The van der Waals surface area contributed by atoms with Gasteiger partial charge in [-0.1, -0.05) is 19.1 Å². The largest absolute Gasteiger partial charge is 0.497 e. The van der Waals surface area contributed by atoms with Crippen molar-refractivity contribution in [3.8, 4) is 17.2 Å². The maximum atomic E-state index is 12.6. The molecule has 1 saturated heterocycles.